The predicted octanol–water partition coefficient (Wildman–Crippen LogP) is 0.114. The molecule has 0 N–H and O–H groups in total. The van der Waals surface area contributed by atoms with Gasteiger partial charge in [0.25, 0.3) is 0 Å². The monoisotopic (exact) mass is 212 g/mol. The molecular weight excluding hydrogens is 193 g/mol. The fourth-order valence-corrected chi connectivity index (χ4v) is 1.35. The van der Waals surface area contributed by atoms with Gasteiger partial charge in [0, 0.05) is 11.1 Å². The Kier molecular flexibility index (Phi) is 1.51. The van der Waals surface area contributed by atoms with Crippen LogP contribution in [0.25, 0.3) is 0 Å². The largest absolute Gasteiger partial charge is 0.518 e. The second-order valence-electron chi connectivity index (χ2n) is 4.65. The molecule has 0 atom stereocenters. The molecule has 0 unspecified atom stereocenters. The molecule has 0 spiro atoms. The average molecular weight is 212 g/mol. The maximum absolute atomic E-state index is 7.20. The zero-order valence-corrected chi connectivity index (χ0v) is 9.31. The van der Waals surface area contributed by atoms with Gasteiger partial charge in [-0.25, -0.2) is 0 Å². The Balaban J connectivity index is 2.23. The number of aryl methyl sites for hydroxylation is 1. The molecule has 1 fully saturated rings. The van der Waals surface area contributed by atoms with E-state index in [-0.39, 0.29) is 0 Å². The van der Waals surface area contributed by atoms with Gasteiger partial charge in [-0.2, -0.15) is 15.0 Å². The normalized spacial score (nSPS) is 27.2. The van der Waals surface area contributed by atoms with Gasteiger partial charge in [-0.05, 0) is 27.7 Å². The van der Waals surface area contributed by atoms with E-state index in [4.69, 9.17) is 13.4 Å². The van der Waals surface area contributed by atoms with E-state index < -0.39 is 25.3 Å². The molecule has 2 heterocycles. The standard InChI is InChI=1S/C9H16BN3O2/c1-8(2)9(3,4)15-10(14-8)7-6-11-13(5)12-7/h6H,1-5H3/i5D3. The van der Waals surface area contributed by atoms with Gasteiger partial charge >= 0.3 is 7.12 Å². The molecule has 0 saturated carbocycles. The van der Waals surface area contributed by atoms with Gasteiger partial charge in [-0.1, -0.05) is 0 Å². The number of rotatable bonds is 1. The molecule has 0 bridgehead atoms. The fourth-order valence-electron chi connectivity index (χ4n) is 1.35. The Morgan fingerprint density at radius 3 is 2.40 bits per heavy atom. The molecule has 1 aliphatic heterocycles. The minimum atomic E-state index is -2.39. The van der Waals surface area contributed by atoms with Crippen LogP contribution in [0, 0.1) is 0 Å². The van der Waals surface area contributed by atoms with Crippen molar-refractivity contribution in [3.63, 3.8) is 0 Å². The van der Waals surface area contributed by atoms with Crippen LogP contribution in [-0.2, 0) is 16.3 Å². The highest BCUT2D eigenvalue weighted by Gasteiger charge is 2.52. The van der Waals surface area contributed by atoms with Crippen LogP contribution in [-0.4, -0.2) is 33.3 Å². The van der Waals surface area contributed by atoms with Crippen LogP contribution in [0.4, 0.5) is 0 Å². The average Bonchev–Trinajstić information content (AvgIpc) is 2.69. The second kappa shape index (κ2) is 3.06. The van der Waals surface area contributed by atoms with Gasteiger partial charge in [-0.3, -0.25) is 0 Å². The molecule has 2 rings (SSSR count). The number of aromatic nitrogens is 3. The van der Waals surface area contributed by atoms with Crippen molar-refractivity contribution >= 4 is 12.7 Å². The quantitative estimate of drug-likeness (QED) is 0.620. The first-order valence-corrected chi connectivity index (χ1v) is 4.81. The molecule has 15 heavy (non-hydrogen) atoms. The molecule has 0 aliphatic carbocycles. The Labute approximate surface area is 94.1 Å². The third kappa shape index (κ3) is 1.68. The molecule has 1 aromatic rings. The van der Waals surface area contributed by atoms with E-state index in [9.17, 15) is 0 Å². The van der Waals surface area contributed by atoms with E-state index in [1.165, 1.54) is 6.20 Å². The molecule has 82 valence electrons. The van der Waals surface area contributed by atoms with Crippen LogP contribution in [0.5, 0.6) is 0 Å². The van der Waals surface area contributed by atoms with E-state index in [1.54, 1.807) is 0 Å². The zero-order chi connectivity index (χ0) is 13.8. The first kappa shape index (κ1) is 7.41. The summed E-state index contributed by atoms with van der Waals surface area (Å²) in [7, 11) is -0.689. The molecular formula is C9H16BN3O2. The minimum Gasteiger partial charge on any atom is -0.398 e. The van der Waals surface area contributed by atoms with Crippen molar-refractivity contribution < 1.29 is 13.4 Å². The summed E-state index contributed by atoms with van der Waals surface area (Å²) in [6.45, 7) is 5.28. The molecule has 5 nitrogen and oxygen atoms in total. The zero-order valence-electron chi connectivity index (χ0n) is 12.3. The maximum atomic E-state index is 7.20. The molecule has 1 aromatic heterocycles. The summed E-state index contributed by atoms with van der Waals surface area (Å²) in [6.07, 6.45) is 1.36. The van der Waals surface area contributed by atoms with E-state index in [0.29, 0.717) is 10.4 Å². The lowest BCUT2D eigenvalue weighted by Gasteiger charge is -2.32. The summed E-state index contributed by atoms with van der Waals surface area (Å²) in [5, 5.41) is 7.60. The Bertz CT molecular complexity index is 442. The second-order valence-corrected chi connectivity index (χ2v) is 4.65. The lowest BCUT2D eigenvalue weighted by molar-refractivity contribution is 0.00578. The predicted molar refractivity (Wildman–Crippen MR) is 56.7 cm³/mol. The van der Waals surface area contributed by atoms with Crippen LogP contribution in [0.1, 0.15) is 31.8 Å². The summed E-state index contributed by atoms with van der Waals surface area (Å²) in [6, 6.07) is 0. The molecule has 1 aliphatic rings. The highest BCUT2D eigenvalue weighted by atomic mass is 16.7. The van der Waals surface area contributed by atoms with Gasteiger partial charge in [0.15, 0.2) is 0 Å². The van der Waals surface area contributed by atoms with Gasteiger partial charge in [0.05, 0.1) is 17.4 Å². The van der Waals surface area contributed by atoms with Crippen LogP contribution >= 0.6 is 0 Å². The lowest BCUT2D eigenvalue weighted by atomic mass is 9.86. The highest BCUT2D eigenvalue weighted by molar-refractivity contribution is 6.61. The third-order valence-electron chi connectivity index (χ3n) is 3.00. The van der Waals surface area contributed by atoms with E-state index in [0.717, 1.165) is 0 Å². The molecule has 0 aromatic carbocycles. The molecule has 0 amide bonds. The summed E-state index contributed by atoms with van der Waals surface area (Å²) in [5.74, 6) is 0. The number of hydrogen-bond donors (Lipinski definition) is 0. The first-order chi connectivity index (χ1) is 8.03. The fraction of sp³-hybridized carbons (Fsp3) is 0.778. The van der Waals surface area contributed by atoms with Crippen LogP contribution in [0.2, 0.25) is 0 Å². The van der Waals surface area contributed by atoms with Gasteiger partial charge in [0.1, 0.15) is 5.59 Å². The van der Waals surface area contributed by atoms with Crippen molar-refractivity contribution in [1.82, 2.24) is 15.0 Å². The van der Waals surface area contributed by atoms with Gasteiger partial charge in [0.2, 0.25) is 0 Å². The van der Waals surface area contributed by atoms with E-state index >= 15 is 0 Å². The summed E-state index contributed by atoms with van der Waals surface area (Å²) in [5.41, 5.74) is -0.604. The smallest absolute Gasteiger partial charge is 0.398 e. The Hall–Kier alpha value is -0.875. The van der Waals surface area contributed by atoms with Crippen molar-refractivity contribution in [2.24, 2.45) is 6.98 Å². The van der Waals surface area contributed by atoms with Crippen molar-refractivity contribution in [2.75, 3.05) is 0 Å². The summed E-state index contributed by atoms with van der Waals surface area (Å²) in [4.78, 5) is 0.688. The summed E-state index contributed by atoms with van der Waals surface area (Å²) < 4.78 is 33.1. The van der Waals surface area contributed by atoms with Crippen molar-refractivity contribution in [2.45, 2.75) is 38.9 Å². The Morgan fingerprint density at radius 2 is 1.93 bits per heavy atom. The van der Waals surface area contributed by atoms with Crippen LogP contribution < -0.4 is 5.59 Å². The van der Waals surface area contributed by atoms with Gasteiger partial charge < -0.3 is 9.31 Å². The lowest BCUT2D eigenvalue weighted by Crippen LogP contribution is -2.41. The Morgan fingerprint density at radius 1 is 1.33 bits per heavy atom. The highest BCUT2D eigenvalue weighted by Crippen LogP contribution is 2.36. The third-order valence-corrected chi connectivity index (χ3v) is 3.00. The number of hydrogen-bond acceptors (Lipinski definition) is 4. The van der Waals surface area contributed by atoms with Crippen molar-refractivity contribution in [3.05, 3.63) is 6.20 Å². The van der Waals surface area contributed by atoms with E-state index in [1.807, 2.05) is 27.7 Å². The van der Waals surface area contributed by atoms with Crippen LogP contribution in [0.3, 0.4) is 0 Å². The van der Waals surface area contributed by atoms with Crippen LogP contribution in [0.15, 0.2) is 6.20 Å². The van der Waals surface area contributed by atoms with Gasteiger partial charge in [-0.15, -0.1) is 0 Å². The summed E-state index contributed by atoms with van der Waals surface area (Å²) >= 11 is 0. The van der Waals surface area contributed by atoms with Crippen molar-refractivity contribution in [1.29, 1.82) is 0 Å². The molecule has 6 heteroatoms. The SMILES string of the molecule is [2H]C([2H])([2H])n1ncc(B2OC(C)(C)C(C)(C)O2)n1. The topological polar surface area (TPSA) is 49.2 Å². The van der Waals surface area contributed by atoms with Crippen molar-refractivity contribution in [3.8, 4) is 0 Å². The number of nitrogens with zero attached hydrogens (tertiary/aromatic N) is 3. The maximum Gasteiger partial charge on any atom is 0.518 e. The first-order valence-electron chi connectivity index (χ1n) is 6.31. The molecule has 1 saturated heterocycles. The molecule has 0 radical (unpaired) electrons. The minimum absolute atomic E-state index is 0.366. The van der Waals surface area contributed by atoms with E-state index in [2.05, 4.69) is 10.2 Å².